The normalized spacial score (nSPS) is 14.0. The summed E-state index contributed by atoms with van der Waals surface area (Å²) in [7, 11) is 0. The Bertz CT molecular complexity index is 720. The Labute approximate surface area is 219 Å². The van der Waals surface area contributed by atoms with Crippen LogP contribution in [0.3, 0.4) is 0 Å². The molecule has 0 unspecified atom stereocenters. The van der Waals surface area contributed by atoms with Crippen LogP contribution in [0.1, 0.15) is 138 Å². The van der Waals surface area contributed by atoms with E-state index in [-0.39, 0.29) is 0 Å². The molecule has 0 fully saturated rings. The lowest BCUT2D eigenvalue weighted by Gasteiger charge is -2.03. The second-order valence-electron chi connectivity index (χ2n) is 10.8. The van der Waals surface area contributed by atoms with Crippen LogP contribution in [0.25, 0.3) is 0 Å². The van der Waals surface area contributed by atoms with Crippen LogP contribution < -0.4 is 0 Å². The lowest BCUT2D eigenvalue weighted by molar-refractivity contribution is 0.283. The van der Waals surface area contributed by atoms with Crippen LogP contribution in [-0.2, 0) is 0 Å². The van der Waals surface area contributed by atoms with E-state index in [9.17, 15) is 0 Å². The van der Waals surface area contributed by atoms with Gasteiger partial charge < -0.3 is 5.11 Å². The molecule has 0 rings (SSSR count). The number of aliphatic hydroxyl groups is 1. The van der Waals surface area contributed by atoms with E-state index in [0.717, 1.165) is 38.5 Å². The molecule has 0 saturated heterocycles. The van der Waals surface area contributed by atoms with E-state index >= 15 is 0 Å². The van der Waals surface area contributed by atoms with Gasteiger partial charge in [-0.1, -0.05) is 76.3 Å². The number of rotatable bonds is 20. The smallest absolute Gasteiger partial charge is 0.0431 e. The Kier molecular flexibility index (Phi) is 21.8. The first-order chi connectivity index (χ1) is 16.7. The maximum Gasteiger partial charge on any atom is 0.0431 e. The first-order valence-corrected chi connectivity index (χ1v) is 14.3. The van der Waals surface area contributed by atoms with Crippen molar-refractivity contribution in [3.8, 4) is 0 Å². The van der Waals surface area contributed by atoms with Crippen molar-refractivity contribution in [1.82, 2.24) is 0 Å². The monoisotopic (exact) mass is 482 g/mol. The van der Waals surface area contributed by atoms with Crippen molar-refractivity contribution in [3.63, 3.8) is 0 Å². The lowest BCUT2D eigenvalue weighted by atomic mass is 10.0. The maximum atomic E-state index is 8.85. The number of aliphatic hydroxyl groups excluding tert-OH is 1. The zero-order valence-electron chi connectivity index (χ0n) is 24.5. The molecule has 0 aromatic carbocycles. The highest BCUT2D eigenvalue weighted by molar-refractivity contribution is 5.08. The fourth-order valence-corrected chi connectivity index (χ4v) is 4.09. The summed E-state index contributed by atoms with van der Waals surface area (Å²) in [5.74, 6) is 0. The minimum absolute atomic E-state index is 0.327. The van der Waals surface area contributed by atoms with Gasteiger partial charge in [0.15, 0.2) is 0 Å². The molecule has 1 N–H and O–H groups in total. The van der Waals surface area contributed by atoms with Crippen molar-refractivity contribution in [2.75, 3.05) is 6.61 Å². The molecule has 0 aliphatic carbocycles. The van der Waals surface area contributed by atoms with E-state index < -0.39 is 0 Å². The van der Waals surface area contributed by atoms with E-state index in [1.54, 1.807) is 0 Å². The SMILES string of the molecule is CC(C)=CCC/C(C)=C/CC/C(C)=C/CC/C=C(\C)CC/C=C(\C)CCC=C(C)CCCCCO. The van der Waals surface area contributed by atoms with Crippen molar-refractivity contribution in [2.24, 2.45) is 0 Å². The second-order valence-corrected chi connectivity index (χ2v) is 10.8. The number of allylic oxidation sites excluding steroid dienone is 12. The summed E-state index contributed by atoms with van der Waals surface area (Å²) in [6, 6.07) is 0. The van der Waals surface area contributed by atoms with Crippen LogP contribution in [-0.4, -0.2) is 11.7 Å². The molecule has 200 valence electrons. The second kappa shape index (κ2) is 22.8. The molecular weight excluding hydrogens is 424 g/mol. The number of unbranched alkanes of at least 4 members (excludes halogenated alkanes) is 3. The van der Waals surface area contributed by atoms with Gasteiger partial charge in [-0.3, -0.25) is 0 Å². The minimum atomic E-state index is 0.327. The summed E-state index contributed by atoms with van der Waals surface area (Å²) in [6.45, 7) is 16.0. The van der Waals surface area contributed by atoms with E-state index in [4.69, 9.17) is 5.11 Å². The molecule has 0 aromatic rings. The average Bonchev–Trinajstić information content (AvgIpc) is 2.79. The van der Waals surface area contributed by atoms with Gasteiger partial charge in [-0.25, -0.2) is 0 Å². The van der Waals surface area contributed by atoms with Crippen LogP contribution in [0.2, 0.25) is 0 Å². The molecule has 0 spiro atoms. The predicted molar refractivity (Wildman–Crippen MR) is 160 cm³/mol. The number of hydrogen-bond donors (Lipinski definition) is 1. The van der Waals surface area contributed by atoms with Gasteiger partial charge in [-0.05, 0) is 132 Å². The van der Waals surface area contributed by atoms with Crippen LogP contribution in [0.15, 0.2) is 69.9 Å². The highest BCUT2D eigenvalue weighted by Crippen LogP contribution is 2.15. The fourth-order valence-electron chi connectivity index (χ4n) is 4.09. The standard InChI is InChI=1S/C34H58O/c1-29(2)17-13-21-33(6)25-15-23-31(4)19-10-11-20-32(5)24-16-27-34(7)26-14-22-30(3)18-9-8-12-28-35/h17,19-20,22,25,27,35H,8-16,18,21,23-24,26,28H2,1-7H3/b30-22?,31-19+,32-20+,33-25+,34-27+. The number of hydrogen-bond acceptors (Lipinski definition) is 1. The molecule has 0 aromatic heterocycles. The minimum Gasteiger partial charge on any atom is -0.396 e. The van der Waals surface area contributed by atoms with Gasteiger partial charge in [0, 0.05) is 6.61 Å². The fraction of sp³-hybridized carbons (Fsp3) is 0.647. The molecule has 0 heterocycles. The van der Waals surface area contributed by atoms with Crippen molar-refractivity contribution in [2.45, 2.75) is 138 Å². The van der Waals surface area contributed by atoms with Crippen LogP contribution in [0.4, 0.5) is 0 Å². The average molecular weight is 483 g/mol. The zero-order chi connectivity index (χ0) is 26.3. The first-order valence-electron chi connectivity index (χ1n) is 14.3. The third kappa shape index (κ3) is 23.9. The summed E-state index contributed by atoms with van der Waals surface area (Å²) in [5.41, 5.74) is 9.01. The Morgan fingerprint density at radius 3 is 1.11 bits per heavy atom. The van der Waals surface area contributed by atoms with E-state index in [0.29, 0.717) is 6.61 Å². The summed E-state index contributed by atoms with van der Waals surface area (Å²) >= 11 is 0. The Morgan fingerprint density at radius 2 is 0.743 bits per heavy atom. The van der Waals surface area contributed by atoms with Crippen LogP contribution >= 0.6 is 0 Å². The Balaban J connectivity index is 4.06. The molecule has 1 nitrogen and oxygen atoms in total. The zero-order valence-corrected chi connectivity index (χ0v) is 24.5. The Hall–Kier alpha value is -1.60. The van der Waals surface area contributed by atoms with E-state index in [1.807, 2.05) is 0 Å². The van der Waals surface area contributed by atoms with Crippen molar-refractivity contribution >= 4 is 0 Å². The van der Waals surface area contributed by atoms with Crippen LogP contribution in [0.5, 0.6) is 0 Å². The largest absolute Gasteiger partial charge is 0.396 e. The third-order valence-corrected chi connectivity index (χ3v) is 6.57. The van der Waals surface area contributed by atoms with Gasteiger partial charge >= 0.3 is 0 Å². The molecule has 0 aliphatic rings. The molecule has 0 amide bonds. The van der Waals surface area contributed by atoms with Crippen LogP contribution in [0, 0.1) is 0 Å². The summed E-state index contributed by atoms with van der Waals surface area (Å²) < 4.78 is 0. The summed E-state index contributed by atoms with van der Waals surface area (Å²) in [5, 5.41) is 8.85. The van der Waals surface area contributed by atoms with Gasteiger partial charge in [0.1, 0.15) is 0 Å². The van der Waals surface area contributed by atoms with Gasteiger partial charge in [0.05, 0.1) is 0 Å². The molecule has 35 heavy (non-hydrogen) atoms. The van der Waals surface area contributed by atoms with Crippen molar-refractivity contribution < 1.29 is 5.11 Å². The molecule has 1 heteroatoms. The third-order valence-electron chi connectivity index (χ3n) is 6.57. The van der Waals surface area contributed by atoms with Gasteiger partial charge in [0.2, 0.25) is 0 Å². The molecular formula is C34H58O. The molecule has 0 radical (unpaired) electrons. The summed E-state index contributed by atoms with van der Waals surface area (Å²) in [4.78, 5) is 0. The maximum absolute atomic E-state index is 8.85. The molecule has 0 bridgehead atoms. The first kappa shape index (κ1) is 33.4. The van der Waals surface area contributed by atoms with Gasteiger partial charge in [0.25, 0.3) is 0 Å². The molecule has 0 aliphatic heterocycles. The topological polar surface area (TPSA) is 20.2 Å². The van der Waals surface area contributed by atoms with E-state index in [2.05, 4.69) is 84.9 Å². The molecule has 0 atom stereocenters. The van der Waals surface area contributed by atoms with Gasteiger partial charge in [-0.15, -0.1) is 0 Å². The highest BCUT2D eigenvalue weighted by atomic mass is 16.2. The highest BCUT2D eigenvalue weighted by Gasteiger charge is 1.95. The predicted octanol–water partition coefficient (Wildman–Crippen LogP) is 11.1. The Morgan fingerprint density at radius 1 is 0.400 bits per heavy atom. The lowest BCUT2D eigenvalue weighted by Crippen LogP contribution is -1.85. The summed E-state index contributed by atoms with van der Waals surface area (Å²) in [6.07, 6.45) is 30.6. The quantitative estimate of drug-likeness (QED) is 0.135. The van der Waals surface area contributed by atoms with E-state index in [1.165, 1.54) is 84.8 Å². The van der Waals surface area contributed by atoms with Crippen molar-refractivity contribution in [1.29, 1.82) is 0 Å². The van der Waals surface area contributed by atoms with Crippen molar-refractivity contribution in [3.05, 3.63) is 69.9 Å². The molecule has 0 saturated carbocycles. The van der Waals surface area contributed by atoms with Gasteiger partial charge in [-0.2, -0.15) is 0 Å².